The number of anilines is 2. The number of benzene rings is 2. The molecule has 0 saturated carbocycles. The molecule has 0 bridgehead atoms. The SMILES string of the molecule is C=Cc1cc(N)c[c]2c1C(=O)c1ccc(N)c[c]1[Ge]2. The first-order valence-corrected chi connectivity index (χ1v) is 7.97. The van der Waals surface area contributed by atoms with Crippen molar-refractivity contribution < 1.29 is 4.79 Å². The van der Waals surface area contributed by atoms with Crippen LogP contribution < -0.4 is 20.3 Å². The number of fused-ring (bicyclic) bond motifs is 2. The Morgan fingerprint density at radius 1 is 1.05 bits per heavy atom. The van der Waals surface area contributed by atoms with Crippen molar-refractivity contribution in [3.8, 4) is 0 Å². The van der Waals surface area contributed by atoms with E-state index in [1.54, 1.807) is 18.2 Å². The fraction of sp³-hybridized carbons (Fsp3) is 0. The van der Waals surface area contributed by atoms with Crippen LogP contribution in [0.25, 0.3) is 6.08 Å². The van der Waals surface area contributed by atoms with E-state index >= 15 is 0 Å². The summed E-state index contributed by atoms with van der Waals surface area (Å²) in [6, 6.07) is 9.22. The van der Waals surface area contributed by atoms with Gasteiger partial charge in [-0.3, -0.25) is 0 Å². The average Bonchev–Trinajstić information content (AvgIpc) is 2.37. The van der Waals surface area contributed by atoms with Crippen molar-refractivity contribution in [3.05, 3.63) is 53.6 Å². The molecule has 1 aliphatic rings. The van der Waals surface area contributed by atoms with Gasteiger partial charge in [0.2, 0.25) is 0 Å². The van der Waals surface area contributed by atoms with E-state index in [1.807, 2.05) is 18.2 Å². The number of hydrogen-bond donors (Lipinski definition) is 2. The molecule has 19 heavy (non-hydrogen) atoms. The van der Waals surface area contributed by atoms with Crippen LogP contribution in [0.15, 0.2) is 36.9 Å². The topological polar surface area (TPSA) is 69.1 Å². The maximum atomic E-state index is 12.6. The van der Waals surface area contributed by atoms with Gasteiger partial charge in [-0.05, 0) is 0 Å². The van der Waals surface area contributed by atoms with Crippen LogP contribution in [0.4, 0.5) is 11.4 Å². The molecule has 0 fully saturated rings. The van der Waals surface area contributed by atoms with Crippen molar-refractivity contribution in [2.45, 2.75) is 0 Å². The molecule has 0 aliphatic carbocycles. The molecule has 3 nitrogen and oxygen atoms in total. The second kappa shape index (κ2) is 4.28. The molecule has 2 aromatic carbocycles. The van der Waals surface area contributed by atoms with E-state index in [1.165, 1.54) is 0 Å². The molecular weight excluding hydrogens is 297 g/mol. The molecule has 1 aliphatic heterocycles. The summed E-state index contributed by atoms with van der Waals surface area (Å²) in [6.45, 7) is 3.77. The second-order valence-corrected chi connectivity index (χ2v) is 7.28. The van der Waals surface area contributed by atoms with Gasteiger partial charge in [-0.2, -0.15) is 0 Å². The predicted molar refractivity (Wildman–Crippen MR) is 80.3 cm³/mol. The number of nitrogens with two attached hydrogens (primary N) is 2. The summed E-state index contributed by atoms with van der Waals surface area (Å²) < 4.78 is 2.15. The van der Waals surface area contributed by atoms with Crippen LogP contribution in [0.3, 0.4) is 0 Å². The van der Waals surface area contributed by atoms with Crippen molar-refractivity contribution >= 4 is 47.5 Å². The van der Waals surface area contributed by atoms with Crippen molar-refractivity contribution in [1.82, 2.24) is 0 Å². The number of ketones is 1. The van der Waals surface area contributed by atoms with Gasteiger partial charge in [0.1, 0.15) is 0 Å². The molecule has 0 aromatic heterocycles. The third kappa shape index (κ3) is 1.86. The van der Waals surface area contributed by atoms with Crippen LogP contribution in [-0.2, 0) is 0 Å². The summed E-state index contributed by atoms with van der Waals surface area (Å²) in [5.74, 6) is 0.0508. The van der Waals surface area contributed by atoms with Crippen molar-refractivity contribution in [2.75, 3.05) is 11.5 Å². The summed E-state index contributed by atoms with van der Waals surface area (Å²) in [7, 11) is 0. The number of carbonyl (C=O) groups excluding carboxylic acids is 1. The normalized spacial score (nSPS) is 12.7. The maximum absolute atomic E-state index is 12.6. The first-order chi connectivity index (χ1) is 9.10. The van der Waals surface area contributed by atoms with Crippen LogP contribution in [0, 0.1) is 0 Å². The molecule has 0 amide bonds. The Morgan fingerprint density at radius 2 is 1.79 bits per heavy atom. The van der Waals surface area contributed by atoms with E-state index < -0.39 is 15.4 Å². The summed E-state index contributed by atoms with van der Waals surface area (Å²) in [5, 5.41) is 0. The second-order valence-electron chi connectivity index (χ2n) is 4.50. The monoisotopic (exact) mass is 310 g/mol. The molecule has 2 aromatic rings. The molecular formula is C15H12GeN2O. The van der Waals surface area contributed by atoms with Crippen molar-refractivity contribution in [1.29, 1.82) is 0 Å². The van der Waals surface area contributed by atoms with E-state index in [4.69, 9.17) is 11.5 Å². The fourth-order valence-electron chi connectivity index (χ4n) is 2.34. The Hall–Kier alpha value is -2.01. The molecule has 0 saturated heterocycles. The van der Waals surface area contributed by atoms with Gasteiger partial charge in [-0.25, -0.2) is 0 Å². The van der Waals surface area contributed by atoms with Gasteiger partial charge < -0.3 is 0 Å². The van der Waals surface area contributed by atoms with Gasteiger partial charge in [0, 0.05) is 0 Å². The van der Waals surface area contributed by atoms with E-state index in [0.717, 1.165) is 25.5 Å². The average molecular weight is 309 g/mol. The Labute approximate surface area is 117 Å². The number of hydrogen-bond acceptors (Lipinski definition) is 3. The van der Waals surface area contributed by atoms with Crippen molar-refractivity contribution in [3.63, 3.8) is 0 Å². The van der Waals surface area contributed by atoms with Gasteiger partial charge in [0.15, 0.2) is 0 Å². The summed E-state index contributed by atoms with van der Waals surface area (Å²) in [6.07, 6.45) is 1.70. The van der Waals surface area contributed by atoms with Crippen LogP contribution >= 0.6 is 0 Å². The molecule has 3 rings (SSSR count). The Kier molecular flexibility index (Phi) is 2.71. The zero-order valence-corrected chi connectivity index (χ0v) is 12.3. The zero-order chi connectivity index (χ0) is 13.6. The first kappa shape index (κ1) is 12.0. The third-order valence-electron chi connectivity index (χ3n) is 3.20. The molecule has 4 heteroatoms. The molecule has 1 heterocycles. The van der Waals surface area contributed by atoms with Gasteiger partial charge in [-0.15, -0.1) is 0 Å². The van der Waals surface area contributed by atoms with Crippen molar-refractivity contribution in [2.24, 2.45) is 0 Å². The van der Waals surface area contributed by atoms with Crippen LogP contribution in [0.1, 0.15) is 21.5 Å². The van der Waals surface area contributed by atoms with E-state index in [0.29, 0.717) is 11.4 Å². The number of carbonyl (C=O) groups is 1. The Balaban J connectivity index is 2.27. The van der Waals surface area contributed by atoms with Gasteiger partial charge in [-0.1, -0.05) is 0 Å². The fourth-order valence-corrected chi connectivity index (χ4v) is 5.45. The minimum atomic E-state index is -0.588. The van der Waals surface area contributed by atoms with Gasteiger partial charge in [0.05, 0.1) is 0 Å². The van der Waals surface area contributed by atoms with Crippen LogP contribution in [-0.4, -0.2) is 21.2 Å². The summed E-state index contributed by atoms with van der Waals surface area (Å²) in [5.41, 5.74) is 15.4. The zero-order valence-electron chi connectivity index (χ0n) is 10.2. The predicted octanol–water partition coefficient (Wildman–Crippen LogP) is 0.693. The summed E-state index contributed by atoms with van der Waals surface area (Å²) >= 11 is -0.588. The van der Waals surface area contributed by atoms with Crippen LogP contribution in [0.5, 0.6) is 0 Å². The standard InChI is InChI=1S/C15H12GeN2O/c1-2-8-5-10(18)7-13-14(8)15(19)11-4-3-9(17)6-12(11)16-13/h2-7H,1,17-18H2. The molecule has 92 valence electrons. The number of nitrogen functional groups attached to an aromatic ring is 2. The minimum absolute atomic E-state index is 0.0508. The third-order valence-corrected chi connectivity index (χ3v) is 6.02. The van der Waals surface area contributed by atoms with E-state index in [-0.39, 0.29) is 5.78 Å². The quantitative estimate of drug-likeness (QED) is 0.513. The molecule has 0 spiro atoms. The Morgan fingerprint density at radius 3 is 2.53 bits per heavy atom. The van der Waals surface area contributed by atoms with Gasteiger partial charge in [0.25, 0.3) is 0 Å². The molecule has 0 atom stereocenters. The molecule has 0 unspecified atom stereocenters. The molecule has 2 radical (unpaired) electrons. The van der Waals surface area contributed by atoms with E-state index in [9.17, 15) is 4.79 Å². The Bertz CT molecular complexity index is 722. The number of rotatable bonds is 1. The van der Waals surface area contributed by atoms with E-state index in [2.05, 4.69) is 6.58 Å². The molecule has 4 N–H and O–H groups in total. The van der Waals surface area contributed by atoms with Crippen LogP contribution in [0.2, 0.25) is 0 Å². The van der Waals surface area contributed by atoms with Gasteiger partial charge >= 0.3 is 117 Å². The summed E-state index contributed by atoms with van der Waals surface area (Å²) in [4.78, 5) is 12.6. The first-order valence-electron chi connectivity index (χ1n) is 5.87.